The number of hydrogen-bond acceptors (Lipinski definition) is 2. The maximum atomic E-state index is 12.3. The topological polar surface area (TPSA) is 26.3 Å². The van der Waals surface area contributed by atoms with Crippen LogP contribution >= 0.6 is 15.9 Å². The van der Waals surface area contributed by atoms with Gasteiger partial charge in [0, 0.05) is 10.4 Å². The van der Waals surface area contributed by atoms with E-state index in [-0.39, 0.29) is 17.5 Å². The van der Waals surface area contributed by atoms with Crippen LogP contribution in [-0.2, 0) is 4.74 Å². The number of ether oxygens (including phenoxy) is 1. The minimum Gasteiger partial charge on any atom is -0.455 e. The van der Waals surface area contributed by atoms with Crippen LogP contribution in [0.5, 0.6) is 0 Å². The van der Waals surface area contributed by atoms with E-state index in [1.807, 2.05) is 12.1 Å². The molecule has 122 valence electrons. The van der Waals surface area contributed by atoms with Crippen molar-refractivity contribution in [3.8, 4) is 0 Å². The van der Waals surface area contributed by atoms with Crippen molar-refractivity contribution in [2.45, 2.75) is 46.1 Å². The van der Waals surface area contributed by atoms with E-state index in [0.717, 1.165) is 23.7 Å². The first-order valence-corrected chi connectivity index (χ1v) is 9.01. The maximum Gasteiger partial charge on any atom is 0.338 e. The number of hydrogen-bond donors (Lipinski definition) is 0. The van der Waals surface area contributed by atoms with Gasteiger partial charge in [-0.05, 0) is 61.9 Å². The minimum absolute atomic E-state index is 0.109. The van der Waals surface area contributed by atoms with E-state index in [2.05, 4.69) is 48.9 Å². The van der Waals surface area contributed by atoms with Gasteiger partial charge >= 0.3 is 5.97 Å². The average molecular weight is 375 g/mol. The van der Waals surface area contributed by atoms with Crippen molar-refractivity contribution >= 4 is 21.9 Å². The first-order valence-electron chi connectivity index (χ1n) is 8.22. The molecule has 0 radical (unpaired) electrons. The molecule has 2 aliphatic carbocycles. The predicted octanol–water partition coefficient (Wildman–Crippen LogP) is 5.69. The van der Waals surface area contributed by atoms with Crippen LogP contribution in [0.4, 0.5) is 0 Å². The molecule has 1 aromatic carbocycles. The fourth-order valence-corrected chi connectivity index (χ4v) is 3.88. The second kappa shape index (κ2) is 6.27. The minimum atomic E-state index is -0.237. The zero-order valence-electron chi connectivity index (χ0n) is 13.9. The molecule has 0 amide bonds. The lowest BCUT2D eigenvalue weighted by Gasteiger charge is -2.41. The van der Waals surface area contributed by atoms with Gasteiger partial charge in [-0.3, -0.25) is 0 Å². The van der Waals surface area contributed by atoms with E-state index in [1.54, 1.807) is 12.1 Å². The summed E-state index contributed by atoms with van der Waals surface area (Å²) in [4.78, 5) is 12.3. The van der Waals surface area contributed by atoms with Crippen molar-refractivity contribution in [2.24, 2.45) is 11.3 Å². The Morgan fingerprint density at radius 1 is 1.22 bits per heavy atom. The van der Waals surface area contributed by atoms with Gasteiger partial charge in [-0.1, -0.05) is 47.0 Å². The van der Waals surface area contributed by atoms with Gasteiger partial charge in [0.2, 0.25) is 0 Å². The highest BCUT2D eigenvalue weighted by atomic mass is 79.9. The lowest BCUT2D eigenvalue weighted by molar-refractivity contribution is 0.0351. The summed E-state index contributed by atoms with van der Waals surface area (Å²) in [5.41, 5.74) is 3.67. The highest BCUT2D eigenvalue weighted by molar-refractivity contribution is 9.10. The van der Waals surface area contributed by atoms with Crippen LogP contribution in [-0.4, -0.2) is 12.1 Å². The van der Waals surface area contributed by atoms with Crippen LogP contribution in [0.25, 0.3) is 0 Å². The third-order valence-corrected chi connectivity index (χ3v) is 5.61. The van der Waals surface area contributed by atoms with Crippen molar-refractivity contribution in [1.29, 1.82) is 0 Å². The Kier molecular flexibility index (Phi) is 4.50. The Morgan fingerprint density at radius 3 is 2.61 bits per heavy atom. The summed E-state index contributed by atoms with van der Waals surface area (Å²) in [6, 6.07) is 7.32. The van der Waals surface area contributed by atoms with Gasteiger partial charge in [0.25, 0.3) is 0 Å². The highest BCUT2D eigenvalue weighted by Crippen LogP contribution is 2.47. The number of benzene rings is 1. The van der Waals surface area contributed by atoms with Crippen LogP contribution in [0.2, 0.25) is 0 Å². The van der Waals surface area contributed by atoms with Gasteiger partial charge in [0.1, 0.15) is 6.10 Å². The maximum absolute atomic E-state index is 12.3. The summed E-state index contributed by atoms with van der Waals surface area (Å²) in [5, 5.41) is 0. The molecule has 0 heterocycles. The van der Waals surface area contributed by atoms with Crippen LogP contribution in [0, 0.1) is 11.3 Å². The number of carbonyl (C=O) groups is 1. The fraction of sp³-hybridized carbons (Fsp3) is 0.450. The first-order chi connectivity index (χ1) is 10.9. The lowest BCUT2D eigenvalue weighted by atomic mass is 9.65. The van der Waals surface area contributed by atoms with E-state index in [4.69, 9.17) is 4.74 Å². The molecule has 3 heteroatoms. The van der Waals surface area contributed by atoms with E-state index < -0.39 is 0 Å². The van der Waals surface area contributed by atoms with Crippen molar-refractivity contribution in [2.75, 3.05) is 0 Å². The summed E-state index contributed by atoms with van der Waals surface area (Å²) in [6.45, 7) is 6.79. The number of fused-ring (bicyclic) bond motifs is 1. The van der Waals surface area contributed by atoms with E-state index in [0.29, 0.717) is 11.5 Å². The smallest absolute Gasteiger partial charge is 0.338 e. The number of halogens is 1. The number of allylic oxidation sites excluding steroid dienone is 3. The predicted molar refractivity (Wildman–Crippen MR) is 96.3 cm³/mol. The van der Waals surface area contributed by atoms with Gasteiger partial charge in [-0.2, -0.15) is 0 Å². The third-order valence-electron chi connectivity index (χ3n) is 5.08. The molecule has 3 rings (SSSR count). The number of esters is 1. The molecule has 23 heavy (non-hydrogen) atoms. The SMILES string of the molecule is CC1=CCC(C)(C)C2=C[C@@H](OC(=O)c3ccc(Br)cc3)CC[C@@H]12. The molecule has 0 saturated heterocycles. The van der Waals surface area contributed by atoms with E-state index in [1.165, 1.54) is 11.1 Å². The molecule has 0 unspecified atom stereocenters. The Balaban J connectivity index is 1.77. The molecule has 0 N–H and O–H groups in total. The molecule has 2 nitrogen and oxygen atoms in total. The molecule has 0 saturated carbocycles. The largest absolute Gasteiger partial charge is 0.455 e. The molecule has 0 aliphatic heterocycles. The number of rotatable bonds is 2. The summed E-state index contributed by atoms with van der Waals surface area (Å²) < 4.78 is 6.71. The van der Waals surface area contributed by atoms with Crippen molar-refractivity contribution in [1.82, 2.24) is 0 Å². The Bertz CT molecular complexity index is 667. The molecule has 2 atom stereocenters. The van der Waals surface area contributed by atoms with Gasteiger partial charge in [0.15, 0.2) is 0 Å². The second-order valence-corrected chi connectivity index (χ2v) is 8.15. The van der Waals surface area contributed by atoms with Crippen molar-refractivity contribution in [3.63, 3.8) is 0 Å². The summed E-state index contributed by atoms with van der Waals surface area (Å²) in [7, 11) is 0. The first kappa shape index (κ1) is 16.5. The third kappa shape index (κ3) is 3.45. The Labute approximate surface area is 146 Å². The van der Waals surface area contributed by atoms with Gasteiger partial charge in [-0.25, -0.2) is 4.79 Å². The number of carbonyl (C=O) groups excluding carboxylic acids is 1. The molecule has 2 aliphatic rings. The standard InChI is InChI=1S/C20H23BrO2/c1-13-10-11-20(2,3)18-12-16(8-9-17(13)18)23-19(22)14-4-6-15(21)7-5-14/h4-7,10,12,16-17H,8-9,11H2,1-3H3/t16-,17-/m0/s1. The normalized spacial score (nSPS) is 25.9. The molecule has 0 bridgehead atoms. The van der Waals surface area contributed by atoms with Gasteiger partial charge in [0.05, 0.1) is 5.56 Å². The van der Waals surface area contributed by atoms with Crippen molar-refractivity contribution < 1.29 is 9.53 Å². The molecule has 1 aromatic rings. The summed E-state index contributed by atoms with van der Waals surface area (Å²) >= 11 is 3.38. The Hall–Kier alpha value is -1.35. The van der Waals surface area contributed by atoms with Gasteiger partial charge in [-0.15, -0.1) is 0 Å². The van der Waals surface area contributed by atoms with E-state index in [9.17, 15) is 4.79 Å². The average Bonchev–Trinajstić information content (AvgIpc) is 2.52. The lowest BCUT2D eigenvalue weighted by Crippen LogP contribution is -2.32. The molecule has 0 aromatic heterocycles. The van der Waals surface area contributed by atoms with E-state index >= 15 is 0 Å². The zero-order valence-corrected chi connectivity index (χ0v) is 15.5. The zero-order chi connectivity index (χ0) is 16.6. The molecular weight excluding hydrogens is 352 g/mol. The second-order valence-electron chi connectivity index (χ2n) is 7.24. The highest BCUT2D eigenvalue weighted by Gasteiger charge is 2.37. The van der Waals surface area contributed by atoms with Crippen LogP contribution in [0.3, 0.4) is 0 Å². The molecule has 0 spiro atoms. The Morgan fingerprint density at radius 2 is 1.91 bits per heavy atom. The van der Waals surface area contributed by atoms with Gasteiger partial charge < -0.3 is 4.74 Å². The van der Waals surface area contributed by atoms with Crippen LogP contribution in [0.15, 0.2) is 52.0 Å². The van der Waals surface area contributed by atoms with Crippen LogP contribution < -0.4 is 0 Å². The monoisotopic (exact) mass is 374 g/mol. The molecular formula is C20H23BrO2. The van der Waals surface area contributed by atoms with Crippen molar-refractivity contribution in [3.05, 3.63) is 57.6 Å². The summed E-state index contributed by atoms with van der Waals surface area (Å²) in [5.74, 6) is 0.292. The molecule has 0 fully saturated rings. The summed E-state index contributed by atoms with van der Waals surface area (Å²) in [6.07, 6.45) is 7.50. The van der Waals surface area contributed by atoms with Crippen LogP contribution in [0.1, 0.15) is 50.4 Å². The quantitative estimate of drug-likeness (QED) is 0.491. The fourth-order valence-electron chi connectivity index (χ4n) is 3.62.